The van der Waals surface area contributed by atoms with Crippen molar-refractivity contribution in [3.8, 4) is 6.07 Å². The summed E-state index contributed by atoms with van der Waals surface area (Å²) < 4.78 is 4.94. The fourth-order valence-electron chi connectivity index (χ4n) is 1.91. The number of benzene rings is 1. The molecule has 0 atom stereocenters. The summed E-state index contributed by atoms with van der Waals surface area (Å²) in [5, 5.41) is 18.1. The fourth-order valence-corrected chi connectivity index (χ4v) is 1.91. The van der Waals surface area contributed by atoms with Crippen LogP contribution in [0.25, 0.3) is 0 Å². The number of nitrogens with zero attached hydrogens (tertiary/aromatic N) is 4. The number of aryl methyl sites for hydroxylation is 1. The maximum Gasteiger partial charge on any atom is 0.274 e. The second-order valence-electron chi connectivity index (χ2n) is 4.86. The lowest BCUT2D eigenvalue weighted by atomic mass is 10.2. The zero-order valence-electron chi connectivity index (χ0n) is 12.6. The van der Waals surface area contributed by atoms with Crippen molar-refractivity contribution in [2.24, 2.45) is 0 Å². The van der Waals surface area contributed by atoms with Gasteiger partial charge in [0.25, 0.3) is 5.91 Å². The van der Waals surface area contributed by atoms with Crippen molar-refractivity contribution in [3.63, 3.8) is 0 Å². The normalized spacial score (nSPS) is 10.0. The molecule has 24 heavy (non-hydrogen) atoms. The van der Waals surface area contributed by atoms with Gasteiger partial charge in [0.05, 0.1) is 11.6 Å². The molecule has 2 heterocycles. The van der Waals surface area contributed by atoms with Gasteiger partial charge in [0.1, 0.15) is 11.5 Å². The Kier molecular flexibility index (Phi) is 4.16. The van der Waals surface area contributed by atoms with Gasteiger partial charge in [-0.25, -0.2) is 9.97 Å². The van der Waals surface area contributed by atoms with Crippen LogP contribution in [-0.2, 0) is 0 Å². The number of aromatic nitrogens is 3. The fraction of sp³-hybridized carbons (Fsp3) is 0.0625. The van der Waals surface area contributed by atoms with E-state index in [0.717, 1.165) is 0 Å². The molecule has 8 heteroatoms. The minimum Gasteiger partial charge on any atom is -0.360 e. The Morgan fingerprint density at radius 2 is 2.04 bits per heavy atom. The second-order valence-corrected chi connectivity index (χ2v) is 4.86. The molecule has 3 aromatic rings. The molecule has 2 aromatic heterocycles. The lowest BCUT2D eigenvalue weighted by Gasteiger charge is -2.06. The van der Waals surface area contributed by atoms with Gasteiger partial charge >= 0.3 is 0 Å². The van der Waals surface area contributed by atoms with Crippen molar-refractivity contribution in [2.75, 3.05) is 10.6 Å². The molecule has 1 aromatic carbocycles. The van der Waals surface area contributed by atoms with Gasteiger partial charge in [0.2, 0.25) is 5.95 Å². The minimum absolute atomic E-state index is 0.192. The highest BCUT2D eigenvalue weighted by Crippen LogP contribution is 2.14. The van der Waals surface area contributed by atoms with Crippen molar-refractivity contribution < 1.29 is 9.32 Å². The molecule has 0 fully saturated rings. The quantitative estimate of drug-likeness (QED) is 0.758. The molecule has 0 aliphatic heterocycles. The molecule has 118 valence electrons. The van der Waals surface area contributed by atoms with Crippen LogP contribution in [-0.4, -0.2) is 21.0 Å². The number of nitrogens with one attached hydrogen (secondary N) is 2. The maximum atomic E-state index is 12.2. The molecule has 0 aliphatic carbocycles. The summed E-state index contributed by atoms with van der Waals surface area (Å²) in [5.41, 5.74) is 1.28. The average molecular weight is 320 g/mol. The Labute approximate surface area is 137 Å². The van der Waals surface area contributed by atoms with Gasteiger partial charge in [0.15, 0.2) is 5.82 Å². The zero-order valence-corrected chi connectivity index (χ0v) is 12.6. The first-order valence-corrected chi connectivity index (χ1v) is 6.99. The van der Waals surface area contributed by atoms with E-state index < -0.39 is 0 Å². The molecule has 8 nitrogen and oxygen atoms in total. The van der Waals surface area contributed by atoms with Gasteiger partial charge < -0.3 is 15.2 Å². The van der Waals surface area contributed by atoms with Crippen LogP contribution in [0.1, 0.15) is 21.8 Å². The van der Waals surface area contributed by atoms with Gasteiger partial charge in [-0.15, -0.1) is 0 Å². The number of anilines is 3. The zero-order chi connectivity index (χ0) is 16.9. The van der Waals surface area contributed by atoms with Crippen LogP contribution in [0.3, 0.4) is 0 Å². The largest absolute Gasteiger partial charge is 0.360 e. The highest BCUT2D eigenvalue weighted by molar-refractivity contribution is 6.03. The average Bonchev–Trinajstić information content (AvgIpc) is 3.00. The molecule has 0 radical (unpaired) electrons. The maximum absolute atomic E-state index is 12.2. The standard InChI is InChI=1S/C16H12N6O2/c1-10-8-14(22-24-10)21-16-18-7-6-13(20-16)15(23)19-12-4-2-11(9-17)3-5-12/h2-8H,1H3,(H,19,23)(H,18,20,21,22). The Morgan fingerprint density at radius 3 is 2.71 bits per heavy atom. The smallest absolute Gasteiger partial charge is 0.274 e. The van der Waals surface area contributed by atoms with E-state index >= 15 is 0 Å². The number of hydrogen-bond donors (Lipinski definition) is 2. The number of carbonyl (C=O) groups is 1. The molecule has 0 spiro atoms. The first kappa shape index (κ1) is 15.2. The summed E-state index contributed by atoms with van der Waals surface area (Å²) >= 11 is 0. The van der Waals surface area contributed by atoms with Crippen LogP contribution >= 0.6 is 0 Å². The van der Waals surface area contributed by atoms with E-state index in [2.05, 4.69) is 25.8 Å². The van der Waals surface area contributed by atoms with Crippen LogP contribution in [0.2, 0.25) is 0 Å². The molecule has 2 N–H and O–H groups in total. The third-order valence-corrected chi connectivity index (χ3v) is 3.03. The molecule has 0 unspecified atom stereocenters. The van der Waals surface area contributed by atoms with Crippen LogP contribution in [0, 0.1) is 18.3 Å². The molecular weight excluding hydrogens is 308 g/mol. The van der Waals surface area contributed by atoms with Crippen molar-refractivity contribution in [3.05, 3.63) is 59.6 Å². The third-order valence-electron chi connectivity index (χ3n) is 3.03. The predicted octanol–water partition coefficient (Wildman–Crippen LogP) is 2.64. The first-order valence-electron chi connectivity index (χ1n) is 6.99. The van der Waals surface area contributed by atoms with Gasteiger partial charge in [-0.1, -0.05) is 5.16 Å². The highest BCUT2D eigenvalue weighted by atomic mass is 16.5. The summed E-state index contributed by atoms with van der Waals surface area (Å²) in [4.78, 5) is 20.4. The van der Waals surface area contributed by atoms with Crippen molar-refractivity contribution >= 4 is 23.4 Å². The molecule has 0 aliphatic rings. The summed E-state index contributed by atoms with van der Waals surface area (Å²) in [5.74, 6) is 0.946. The van der Waals surface area contributed by atoms with Crippen molar-refractivity contribution in [1.82, 2.24) is 15.1 Å². The minimum atomic E-state index is -0.388. The van der Waals surface area contributed by atoms with Gasteiger partial charge in [-0.3, -0.25) is 4.79 Å². The van der Waals surface area contributed by atoms with Crippen LogP contribution in [0.15, 0.2) is 47.1 Å². The number of carbonyl (C=O) groups excluding carboxylic acids is 1. The van der Waals surface area contributed by atoms with Crippen LogP contribution in [0.4, 0.5) is 17.5 Å². The number of nitriles is 1. The Hall–Kier alpha value is -3.73. The molecule has 0 saturated heterocycles. The van der Waals surface area contributed by atoms with Crippen LogP contribution < -0.4 is 10.6 Å². The van der Waals surface area contributed by atoms with E-state index in [1.54, 1.807) is 37.3 Å². The monoisotopic (exact) mass is 320 g/mol. The van der Waals surface area contributed by atoms with Gasteiger partial charge in [-0.05, 0) is 37.3 Å². The van der Waals surface area contributed by atoms with E-state index in [-0.39, 0.29) is 17.5 Å². The molecule has 3 rings (SSSR count). The Balaban J connectivity index is 1.72. The van der Waals surface area contributed by atoms with E-state index in [9.17, 15) is 4.79 Å². The SMILES string of the molecule is Cc1cc(Nc2nccc(C(=O)Nc3ccc(C#N)cc3)n2)no1. The Morgan fingerprint density at radius 1 is 1.25 bits per heavy atom. The van der Waals surface area contributed by atoms with Crippen LogP contribution in [0.5, 0.6) is 0 Å². The molecular formula is C16H12N6O2. The number of amides is 1. The highest BCUT2D eigenvalue weighted by Gasteiger charge is 2.10. The lowest BCUT2D eigenvalue weighted by Crippen LogP contribution is -2.14. The van der Waals surface area contributed by atoms with E-state index in [4.69, 9.17) is 9.78 Å². The van der Waals surface area contributed by atoms with Gasteiger partial charge in [0, 0.05) is 18.0 Å². The number of rotatable bonds is 4. The second kappa shape index (κ2) is 6.58. The van der Waals surface area contributed by atoms with E-state index in [1.807, 2.05) is 6.07 Å². The summed E-state index contributed by atoms with van der Waals surface area (Å²) in [7, 11) is 0. The van der Waals surface area contributed by atoms with Crippen molar-refractivity contribution in [2.45, 2.75) is 6.92 Å². The van der Waals surface area contributed by atoms with E-state index in [0.29, 0.717) is 22.8 Å². The molecule has 0 bridgehead atoms. The third kappa shape index (κ3) is 3.53. The summed E-state index contributed by atoms with van der Waals surface area (Å²) in [6.45, 7) is 1.76. The van der Waals surface area contributed by atoms with Gasteiger partial charge in [-0.2, -0.15) is 5.26 Å². The van der Waals surface area contributed by atoms with Crippen molar-refractivity contribution in [1.29, 1.82) is 5.26 Å². The predicted molar refractivity (Wildman–Crippen MR) is 85.7 cm³/mol. The lowest BCUT2D eigenvalue weighted by molar-refractivity contribution is 0.102. The molecule has 1 amide bonds. The summed E-state index contributed by atoms with van der Waals surface area (Å²) in [6, 6.07) is 11.7. The van der Waals surface area contributed by atoms with E-state index in [1.165, 1.54) is 12.3 Å². The first-order chi connectivity index (χ1) is 11.6. The number of hydrogen-bond acceptors (Lipinski definition) is 7. The topological polar surface area (TPSA) is 117 Å². The Bertz CT molecular complexity index is 911. The summed E-state index contributed by atoms with van der Waals surface area (Å²) in [6.07, 6.45) is 1.47. The molecule has 0 saturated carbocycles.